The van der Waals surface area contributed by atoms with Crippen LogP contribution >= 0.6 is 0 Å². The van der Waals surface area contributed by atoms with E-state index in [-0.39, 0.29) is 18.5 Å². The van der Waals surface area contributed by atoms with Crippen molar-refractivity contribution in [2.75, 3.05) is 13.2 Å². The predicted octanol–water partition coefficient (Wildman–Crippen LogP) is 28.8. The largest absolute Gasteiger partial charge is 0.466 e. The molecule has 0 saturated carbocycles. The predicted molar refractivity (Wildman–Crippen MR) is 412 cm³/mol. The van der Waals surface area contributed by atoms with Gasteiger partial charge in [-0.1, -0.05) is 449 Å². The molecule has 0 aromatic carbocycles. The molecule has 0 aromatic heterocycles. The number of allylic oxidation sites excluding steroid dienone is 3. The monoisotopic (exact) mass is 1310 g/mol. The summed E-state index contributed by atoms with van der Waals surface area (Å²) in [6, 6.07) is -0.626. The molecule has 3 N–H and O–H groups in total. The zero-order chi connectivity index (χ0) is 67.0. The van der Waals surface area contributed by atoms with Gasteiger partial charge in [-0.15, -0.1) is 0 Å². The molecule has 0 aliphatic carbocycles. The lowest BCUT2D eigenvalue weighted by atomic mass is 10.0. The number of aliphatic hydroxyl groups is 2. The van der Waals surface area contributed by atoms with E-state index in [1.165, 1.54) is 430 Å². The van der Waals surface area contributed by atoms with E-state index >= 15 is 0 Å². The Hall–Kier alpha value is -1.66. The number of carbonyl (C=O) groups excluding carboxylic acids is 2. The van der Waals surface area contributed by atoms with Gasteiger partial charge < -0.3 is 20.3 Å². The van der Waals surface area contributed by atoms with Crippen molar-refractivity contribution < 1.29 is 24.5 Å². The fourth-order valence-electron chi connectivity index (χ4n) is 13.9. The average Bonchev–Trinajstić information content (AvgIpc) is 3.75. The number of ether oxygens (including phenoxy) is 1. The summed E-state index contributed by atoms with van der Waals surface area (Å²) in [5.41, 5.74) is 0. The molecule has 0 aliphatic heterocycles. The number of unbranched alkanes of at least 4 members (excludes halogenated alkanes) is 69. The summed E-state index contributed by atoms with van der Waals surface area (Å²) >= 11 is 0. The van der Waals surface area contributed by atoms with Crippen molar-refractivity contribution >= 4 is 11.9 Å². The van der Waals surface area contributed by atoms with E-state index in [1.807, 2.05) is 6.08 Å². The van der Waals surface area contributed by atoms with Crippen molar-refractivity contribution in [3.63, 3.8) is 0 Å². The Bertz CT molecular complexity index is 1460. The number of rotatable bonds is 82. The summed E-state index contributed by atoms with van der Waals surface area (Å²) in [4.78, 5) is 24.7. The maximum absolute atomic E-state index is 12.6. The molecule has 0 saturated heterocycles. The summed E-state index contributed by atoms with van der Waals surface area (Å²) in [5.74, 6) is -0.0334. The topological polar surface area (TPSA) is 95.9 Å². The molecule has 0 aromatic rings. The smallest absolute Gasteiger partial charge is 0.305 e. The highest BCUT2D eigenvalue weighted by molar-refractivity contribution is 5.76. The fourth-order valence-corrected chi connectivity index (χ4v) is 13.9. The first-order chi connectivity index (χ1) is 46.0. The first-order valence-electron chi connectivity index (χ1n) is 43.1. The zero-order valence-corrected chi connectivity index (χ0v) is 63.5. The number of carbonyl (C=O) groups is 2. The normalized spacial score (nSPS) is 12.5. The second-order valence-electron chi connectivity index (χ2n) is 29.9. The van der Waals surface area contributed by atoms with E-state index in [9.17, 15) is 19.8 Å². The van der Waals surface area contributed by atoms with Crippen LogP contribution in [0.1, 0.15) is 495 Å². The molecule has 6 nitrogen and oxygen atoms in total. The van der Waals surface area contributed by atoms with E-state index in [1.54, 1.807) is 6.08 Å². The molecule has 1 amide bonds. The summed E-state index contributed by atoms with van der Waals surface area (Å²) in [6.07, 6.45) is 108. The van der Waals surface area contributed by atoms with Gasteiger partial charge in [-0.05, 0) is 57.8 Å². The average molecular weight is 1310 g/mol. The van der Waals surface area contributed by atoms with Gasteiger partial charge in [0, 0.05) is 12.8 Å². The number of hydrogen-bond donors (Lipinski definition) is 3. The van der Waals surface area contributed by atoms with Crippen LogP contribution in [0, 0.1) is 0 Å². The van der Waals surface area contributed by atoms with Crippen LogP contribution in [0.15, 0.2) is 24.3 Å². The van der Waals surface area contributed by atoms with Crippen molar-refractivity contribution in [1.82, 2.24) is 5.32 Å². The number of amides is 1. The first kappa shape index (κ1) is 91.3. The zero-order valence-electron chi connectivity index (χ0n) is 63.5. The molecule has 0 radical (unpaired) electrons. The molecule has 0 spiro atoms. The molecule has 93 heavy (non-hydrogen) atoms. The summed E-state index contributed by atoms with van der Waals surface area (Å²) < 4.78 is 5.50. The fraction of sp³-hybridized carbons (Fsp3) is 0.931. The molecule has 0 fully saturated rings. The van der Waals surface area contributed by atoms with Crippen molar-refractivity contribution in [1.29, 1.82) is 0 Å². The molecule has 0 aliphatic rings. The van der Waals surface area contributed by atoms with Gasteiger partial charge in [-0.25, -0.2) is 0 Å². The van der Waals surface area contributed by atoms with Gasteiger partial charge >= 0.3 is 5.97 Å². The van der Waals surface area contributed by atoms with Crippen LogP contribution in [0.3, 0.4) is 0 Å². The van der Waals surface area contributed by atoms with Crippen LogP contribution in [0.4, 0.5) is 0 Å². The van der Waals surface area contributed by atoms with Crippen LogP contribution in [0.2, 0.25) is 0 Å². The van der Waals surface area contributed by atoms with Gasteiger partial charge in [0.2, 0.25) is 5.91 Å². The van der Waals surface area contributed by atoms with Gasteiger partial charge in [-0.3, -0.25) is 9.59 Å². The van der Waals surface area contributed by atoms with Gasteiger partial charge in [0.05, 0.1) is 25.4 Å². The molecule has 2 unspecified atom stereocenters. The van der Waals surface area contributed by atoms with Crippen LogP contribution in [-0.4, -0.2) is 47.4 Å². The van der Waals surface area contributed by atoms with Crippen LogP contribution in [-0.2, 0) is 14.3 Å². The number of aliphatic hydroxyl groups excluding tert-OH is 2. The maximum atomic E-state index is 12.6. The van der Waals surface area contributed by atoms with E-state index in [0.717, 1.165) is 38.5 Å². The quantitative estimate of drug-likeness (QED) is 0.0320. The Kier molecular flexibility index (Phi) is 81.3. The van der Waals surface area contributed by atoms with E-state index in [2.05, 4.69) is 31.3 Å². The third kappa shape index (κ3) is 79.2. The van der Waals surface area contributed by atoms with Crippen molar-refractivity contribution in [3.8, 4) is 0 Å². The third-order valence-corrected chi connectivity index (χ3v) is 20.5. The lowest BCUT2D eigenvalue weighted by Crippen LogP contribution is -2.45. The Labute approximate surface area is 583 Å². The number of esters is 1. The van der Waals surface area contributed by atoms with E-state index < -0.39 is 12.1 Å². The second kappa shape index (κ2) is 82.8. The standard InChI is InChI=1S/C87H169NO5/c1-3-5-7-9-11-13-15-17-19-20-21-22-23-37-40-43-46-49-52-55-59-63-67-71-75-79-85(90)84(83-89)88-86(91)80-76-72-68-64-60-56-53-50-47-44-41-38-35-33-31-29-27-25-24-26-28-30-32-34-36-39-42-45-48-51-54-58-62-66-70-74-78-82-93-87(92)81-77-73-69-65-61-57-18-16-14-12-10-8-6-4-2/h24,26,75,79,84-85,89-90H,3-23,25,27-74,76-78,80-83H2,1-2H3,(H,88,91)/b26-24-,79-75+. The number of nitrogens with one attached hydrogen (secondary N) is 1. The highest BCUT2D eigenvalue weighted by Gasteiger charge is 2.18. The Balaban J connectivity index is 3.35. The highest BCUT2D eigenvalue weighted by atomic mass is 16.5. The third-order valence-electron chi connectivity index (χ3n) is 20.5. The molecular formula is C87H169NO5. The highest BCUT2D eigenvalue weighted by Crippen LogP contribution is 2.21. The van der Waals surface area contributed by atoms with Gasteiger partial charge in [0.25, 0.3) is 0 Å². The molecule has 0 bridgehead atoms. The summed E-state index contributed by atoms with van der Waals surface area (Å²) in [7, 11) is 0. The lowest BCUT2D eigenvalue weighted by molar-refractivity contribution is -0.143. The molecule has 552 valence electrons. The first-order valence-corrected chi connectivity index (χ1v) is 43.1. The Morgan fingerprint density at radius 1 is 0.290 bits per heavy atom. The second-order valence-corrected chi connectivity index (χ2v) is 29.9. The van der Waals surface area contributed by atoms with Crippen molar-refractivity contribution in [3.05, 3.63) is 24.3 Å². The number of hydrogen-bond acceptors (Lipinski definition) is 5. The Morgan fingerprint density at radius 3 is 0.763 bits per heavy atom. The molecular weight excluding hydrogens is 1140 g/mol. The van der Waals surface area contributed by atoms with Crippen molar-refractivity contribution in [2.24, 2.45) is 0 Å². The van der Waals surface area contributed by atoms with Crippen LogP contribution in [0.5, 0.6) is 0 Å². The van der Waals surface area contributed by atoms with Gasteiger partial charge in [-0.2, -0.15) is 0 Å². The van der Waals surface area contributed by atoms with Gasteiger partial charge in [0.15, 0.2) is 0 Å². The van der Waals surface area contributed by atoms with Crippen LogP contribution < -0.4 is 5.32 Å². The molecule has 0 rings (SSSR count). The van der Waals surface area contributed by atoms with E-state index in [0.29, 0.717) is 19.4 Å². The minimum absolute atomic E-state index is 0.0247. The molecule has 2 atom stereocenters. The summed E-state index contributed by atoms with van der Waals surface area (Å²) in [6.45, 7) is 4.97. The lowest BCUT2D eigenvalue weighted by Gasteiger charge is -2.20. The minimum atomic E-state index is -0.843. The SMILES string of the molecule is CCCCCCCCCCCCCCCCCCCCCCCCC/C=C/C(O)C(CO)NC(=O)CCCCCCCCCCCCCCCCCCC/C=C\CCCCCCCCCCCCCCCCCCOC(=O)CCCCCCCCCCCCCCCC. The van der Waals surface area contributed by atoms with Crippen molar-refractivity contribution in [2.45, 2.75) is 508 Å². The van der Waals surface area contributed by atoms with E-state index in [4.69, 9.17) is 4.74 Å². The maximum Gasteiger partial charge on any atom is 0.305 e. The van der Waals surface area contributed by atoms with Crippen LogP contribution in [0.25, 0.3) is 0 Å². The minimum Gasteiger partial charge on any atom is -0.466 e. The van der Waals surface area contributed by atoms with Gasteiger partial charge in [0.1, 0.15) is 0 Å². The summed E-state index contributed by atoms with van der Waals surface area (Å²) in [5, 5.41) is 23.3. The molecule has 0 heterocycles. The molecule has 6 heteroatoms. The Morgan fingerprint density at radius 2 is 0.505 bits per heavy atom.